The average Bonchev–Trinajstić information content (AvgIpc) is 3.46. The van der Waals surface area contributed by atoms with E-state index in [1.807, 2.05) is 0 Å². The number of nitrogens with zero attached hydrogens (tertiary/aromatic N) is 4. The average molecular weight is 452 g/mol. The van der Waals surface area contributed by atoms with Crippen LogP contribution in [-0.4, -0.2) is 36.2 Å². The van der Waals surface area contributed by atoms with E-state index in [4.69, 9.17) is 13.9 Å². The molecule has 1 amide bonds. The highest BCUT2D eigenvalue weighted by Gasteiger charge is 2.26. The second-order valence-corrected chi connectivity index (χ2v) is 7.37. The van der Waals surface area contributed by atoms with Gasteiger partial charge in [0.2, 0.25) is 10.9 Å². The molecule has 0 spiro atoms. The largest absolute Gasteiger partial charge is 0.497 e. The number of furan rings is 1. The number of ether oxygens (including phenoxy) is 2. The number of anilines is 1. The lowest BCUT2D eigenvalue weighted by Gasteiger charge is -2.11. The molecule has 0 saturated heterocycles. The normalized spacial score (nSPS) is 11.1. The number of aromatic nitrogens is 1. The molecule has 4 rings (SSSR count). The molecule has 10 nitrogen and oxygen atoms in total. The van der Waals surface area contributed by atoms with Crippen LogP contribution in [0.15, 0.2) is 64.1 Å². The lowest BCUT2D eigenvalue weighted by atomic mass is 10.2. The van der Waals surface area contributed by atoms with Gasteiger partial charge in [-0.15, -0.1) is 0 Å². The highest BCUT2D eigenvalue weighted by molar-refractivity contribution is 7.22. The number of hydrazone groups is 1. The van der Waals surface area contributed by atoms with Crippen LogP contribution in [0, 0.1) is 10.1 Å². The Balaban J connectivity index is 1.73. The second-order valence-electron chi connectivity index (χ2n) is 6.36. The molecule has 0 radical (unpaired) electrons. The molecule has 2 aromatic heterocycles. The number of benzene rings is 2. The van der Waals surface area contributed by atoms with Gasteiger partial charge in [0.15, 0.2) is 0 Å². The Morgan fingerprint density at radius 1 is 1.12 bits per heavy atom. The van der Waals surface area contributed by atoms with Gasteiger partial charge in [-0.05, 0) is 54.1 Å². The quantitative estimate of drug-likeness (QED) is 0.230. The van der Waals surface area contributed by atoms with Crippen molar-refractivity contribution in [2.24, 2.45) is 5.10 Å². The highest BCUT2D eigenvalue weighted by Crippen LogP contribution is 2.33. The number of amides is 1. The van der Waals surface area contributed by atoms with E-state index in [-0.39, 0.29) is 10.9 Å². The maximum atomic E-state index is 13.1. The SMILES string of the molecule is COc1ccc(/C=N/N(C(=O)c2ccc([N+](=O)[O-])o2)c2nc3ccc(OC)cc3s2)cc1. The van der Waals surface area contributed by atoms with Gasteiger partial charge in [0.1, 0.15) is 16.4 Å². The molecule has 0 fully saturated rings. The van der Waals surface area contributed by atoms with Crippen LogP contribution in [0.25, 0.3) is 10.2 Å². The maximum absolute atomic E-state index is 13.1. The molecule has 32 heavy (non-hydrogen) atoms. The van der Waals surface area contributed by atoms with Crippen molar-refractivity contribution in [2.45, 2.75) is 0 Å². The second kappa shape index (κ2) is 8.86. The van der Waals surface area contributed by atoms with Crippen LogP contribution in [-0.2, 0) is 0 Å². The van der Waals surface area contributed by atoms with Gasteiger partial charge in [-0.2, -0.15) is 10.1 Å². The van der Waals surface area contributed by atoms with E-state index >= 15 is 0 Å². The van der Waals surface area contributed by atoms with Gasteiger partial charge in [0.25, 0.3) is 0 Å². The molecule has 0 aliphatic rings. The molecule has 11 heteroatoms. The predicted molar refractivity (Wildman–Crippen MR) is 119 cm³/mol. The van der Waals surface area contributed by atoms with Crippen molar-refractivity contribution in [1.29, 1.82) is 0 Å². The summed E-state index contributed by atoms with van der Waals surface area (Å²) in [7, 11) is 3.12. The van der Waals surface area contributed by atoms with E-state index in [1.54, 1.807) is 56.7 Å². The summed E-state index contributed by atoms with van der Waals surface area (Å²) < 4.78 is 16.2. The third kappa shape index (κ3) is 4.27. The lowest BCUT2D eigenvalue weighted by molar-refractivity contribution is -0.402. The minimum Gasteiger partial charge on any atom is -0.497 e. The van der Waals surface area contributed by atoms with E-state index in [0.717, 1.165) is 15.8 Å². The van der Waals surface area contributed by atoms with Gasteiger partial charge in [-0.25, -0.2) is 4.98 Å². The van der Waals surface area contributed by atoms with Gasteiger partial charge < -0.3 is 13.9 Å². The van der Waals surface area contributed by atoms with Gasteiger partial charge in [-0.1, -0.05) is 11.3 Å². The van der Waals surface area contributed by atoms with Crippen LogP contribution in [0.4, 0.5) is 11.0 Å². The molecule has 2 heterocycles. The smallest absolute Gasteiger partial charge is 0.433 e. The van der Waals surface area contributed by atoms with E-state index in [2.05, 4.69) is 10.1 Å². The number of rotatable bonds is 7. The van der Waals surface area contributed by atoms with Crippen molar-refractivity contribution >= 4 is 44.7 Å². The number of thiazole rings is 1. The van der Waals surface area contributed by atoms with E-state index < -0.39 is 16.7 Å². The Hall–Kier alpha value is -4.25. The third-order valence-electron chi connectivity index (χ3n) is 4.38. The topological polar surface area (TPSA) is 120 Å². The van der Waals surface area contributed by atoms with Crippen molar-refractivity contribution < 1.29 is 23.6 Å². The highest BCUT2D eigenvalue weighted by atomic mass is 32.1. The summed E-state index contributed by atoms with van der Waals surface area (Å²) >= 11 is 1.22. The Bertz CT molecular complexity index is 1310. The monoisotopic (exact) mass is 452 g/mol. The Labute approximate surface area is 185 Å². The molecule has 0 N–H and O–H groups in total. The first kappa shape index (κ1) is 21.0. The fraction of sp³-hybridized carbons (Fsp3) is 0.0952. The lowest BCUT2D eigenvalue weighted by Crippen LogP contribution is -2.25. The first-order chi connectivity index (χ1) is 15.5. The Morgan fingerprint density at radius 2 is 1.84 bits per heavy atom. The molecule has 4 aromatic rings. The number of carbonyl (C=O) groups excluding carboxylic acids is 1. The zero-order valence-corrected chi connectivity index (χ0v) is 17.7. The van der Waals surface area contributed by atoms with Crippen molar-refractivity contribution in [1.82, 2.24) is 4.98 Å². The fourth-order valence-electron chi connectivity index (χ4n) is 2.76. The molecule has 0 atom stereocenters. The molecule has 162 valence electrons. The van der Waals surface area contributed by atoms with Gasteiger partial charge >= 0.3 is 11.8 Å². The summed E-state index contributed by atoms with van der Waals surface area (Å²) in [5.41, 5.74) is 1.35. The molecule has 0 aliphatic heterocycles. The minimum atomic E-state index is -0.717. The number of hydrogen-bond acceptors (Lipinski definition) is 9. The maximum Gasteiger partial charge on any atom is 0.433 e. The first-order valence-corrected chi connectivity index (χ1v) is 10.0. The number of hydrogen-bond donors (Lipinski definition) is 0. The third-order valence-corrected chi connectivity index (χ3v) is 5.37. The summed E-state index contributed by atoms with van der Waals surface area (Å²) in [5.74, 6) is -0.150. The fourth-order valence-corrected chi connectivity index (χ4v) is 3.71. The van der Waals surface area contributed by atoms with Crippen molar-refractivity contribution in [3.8, 4) is 11.5 Å². The summed E-state index contributed by atoms with van der Waals surface area (Å²) in [4.78, 5) is 27.8. The summed E-state index contributed by atoms with van der Waals surface area (Å²) in [6.45, 7) is 0. The van der Waals surface area contributed by atoms with Crippen LogP contribution < -0.4 is 14.5 Å². The van der Waals surface area contributed by atoms with Crippen LogP contribution >= 0.6 is 11.3 Å². The Kier molecular flexibility index (Phi) is 5.81. The van der Waals surface area contributed by atoms with Gasteiger partial charge in [-0.3, -0.25) is 14.9 Å². The zero-order chi connectivity index (χ0) is 22.7. The molecular formula is C21H16N4O6S. The van der Waals surface area contributed by atoms with Crippen molar-refractivity contribution in [3.05, 3.63) is 76.0 Å². The number of nitro groups is 1. The summed E-state index contributed by atoms with van der Waals surface area (Å²) in [5, 5.41) is 16.5. The zero-order valence-electron chi connectivity index (χ0n) is 16.9. The van der Waals surface area contributed by atoms with Gasteiger partial charge in [0.05, 0.1) is 36.7 Å². The molecule has 0 bridgehead atoms. The predicted octanol–water partition coefficient (Wildman–Crippen LogP) is 4.50. The minimum absolute atomic E-state index is 0.236. The molecule has 0 aliphatic carbocycles. The Morgan fingerprint density at radius 3 is 2.50 bits per heavy atom. The van der Waals surface area contributed by atoms with E-state index in [1.165, 1.54) is 23.6 Å². The molecule has 2 aromatic carbocycles. The number of fused-ring (bicyclic) bond motifs is 1. The van der Waals surface area contributed by atoms with Crippen LogP contribution in [0.2, 0.25) is 0 Å². The van der Waals surface area contributed by atoms with Gasteiger partial charge in [0, 0.05) is 0 Å². The molecule has 0 saturated carbocycles. The van der Waals surface area contributed by atoms with E-state index in [0.29, 0.717) is 22.6 Å². The molecule has 0 unspecified atom stereocenters. The van der Waals surface area contributed by atoms with Crippen molar-refractivity contribution in [2.75, 3.05) is 19.2 Å². The van der Waals surface area contributed by atoms with Crippen LogP contribution in [0.1, 0.15) is 16.1 Å². The number of methoxy groups -OCH3 is 2. The summed E-state index contributed by atoms with van der Waals surface area (Å²) in [6, 6.07) is 14.7. The first-order valence-electron chi connectivity index (χ1n) is 9.20. The standard InChI is InChI=1S/C21H16N4O6S/c1-29-14-5-3-13(4-6-14)12-22-24(20(26)17-9-10-19(31-17)25(27)28)21-23-16-8-7-15(30-2)11-18(16)32-21/h3-12H,1-2H3/b22-12+. The van der Waals surface area contributed by atoms with Crippen molar-refractivity contribution in [3.63, 3.8) is 0 Å². The summed E-state index contributed by atoms with van der Waals surface area (Å²) in [6.07, 6.45) is 1.47. The van der Waals surface area contributed by atoms with Crippen LogP contribution in [0.5, 0.6) is 11.5 Å². The number of carbonyl (C=O) groups is 1. The molecular weight excluding hydrogens is 436 g/mol. The van der Waals surface area contributed by atoms with E-state index in [9.17, 15) is 14.9 Å². The van der Waals surface area contributed by atoms with Crippen LogP contribution in [0.3, 0.4) is 0 Å².